The largest absolute Gasteiger partial charge is 0.336 e. The van der Waals surface area contributed by atoms with E-state index >= 15 is 0 Å². The van der Waals surface area contributed by atoms with E-state index in [-0.39, 0.29) is 10.9 Å². The van der Waals surface area contributed by atoms with Gasteiger partial charge < -0.3 is 9.47 Å². The van der Waals surface area contributed by atoms with Crippen LogP contribution in [0.25, 0.3) is 0 Å². The summed E-state index contributed by atoms with van der Waals surface area (Å²) in [6, 6.07) is 0.353. The molecule has 0 amide bonds. The number of hydrogen-bond donors (Lipinski definition) is 0. The van der Waals surface area contributed by atoms with Crippen molar-refractivity contribution in [1.82, 2.24) is 23.7 Å². The lowest BCUT2D eigenvalue weighted by atomic mass is 10.1. The normalized spacial score (nSPS) is 22.7. The standard InChI is InChI=1S/C15H27N5O2S/c1-12(2)15-16-14(11-18(15)4)23(21,22)20-9-13(10-20)19-7-5-17(3)6-8-19/h11-13H,5-10H2,1-4H3. The molecule has 0 aliphatic carbocycles. The average Bonchev–Trinajstić information content (AvgIpc) is 2.82. The van der Waals surface area contributed by atoms with Gasteiger partial charge in [-0.2, -0.15) is 4.31 Å². The van der Waals surface area contributed by atoms with Crippen molar-refractivity contribution in [3.63, 3.8) is 0 Å². The van der Waals surface area contributed by atoms with Crippen LogP contribution in [0, 0.1) is 0 Å². The van der Waals surface area contributed by atoms with Crippen LogP contribution in [0.1, 0.15) is 25.6 Å². The highest BCUT2D eigenvalue weighted by Gasteiger charge is 2.41. The maximum absolute atomic E-state index is 12.7. The van der Waals surface area contributed by atoms with E-state index in [0.29, 0.717) is 19.1 Å². The second-order valence-corrected chi connectivity index (χ2v) is 8.90. The number of nitrogens with zero attached hydrogens (tertiary/aromatic N) is 5. The second kappa shape index (κ2) is 6.16. The van der Waals surface area contributed by atoms with Crippen LogP contribution in [0.15, 0.2) is 11.2 Å². The molecule has 23 heavy (non-hydrogen) atoms. The first-order valence-corrected chi connectivity index (χ1v) is 9.69. The van der Waals surface area contributed by atoms with Crippen molar-refractivity contribution in [1.29, 1.82) is 0 Å². The highest BCUT2D eigenvalue weighted by molar-refractivity contribution is 7.89. The fourth-order valence-electron chi connectivity index (χ4n) is 3.28. The Balaban J connectivity index is 1.65. The molecule has 0 radical (unpaired) electrons. The molecule has 2 aliphatic heterocycles. The zero-order valence-corrected chi connectivity index (χ0v) is 15.3. The molecule has 0 N–H and O–H groups in total. The molecule has 8 heteroatoms. The predicted molar refractivity (Wildman–Crippen MR) is 88.9 cm³/mol. The number of rotatable bonds is 4. The first-order valence-electron chi connectivity index (χ1n) is 8.25. The van der Waals surface area contributed by atoms with E-state index in [0.717, 1.165) is 32.0 Å². The molecular formula is C15H27N5O2S. The summed E-state index contributed by atoms with van der Waals surface area (Å²) in [5.41, 5.74) is 0. The first kappa shape index (κ1) is 16.9. The Morgan fingerprint density at radius 2 is 1.74 bits per heavy atom. The fraction of sp³-hybridized carbons (Fsp3) is 0.800. The smallest absolute Gasteiger partial charge is 0.262 e. The number of aromatic nitrogens is 2. The maximum atomic E-state index is 12.7. The number of imidazole rings is 1. The molecule has 130 valence electrons. The number of piperazine rings is 1. The van der Waals surface area contributed by atoms with E-state index in [4.69, 9.17) is 0 Å². The summed E-state index contributed by atoms with van der Waals surface area (Å²) in [6.45, 7) is 9.37. The molecular weight excluding hydrogens is 314 g/mol. The molecule has 0 spiro atoms. The van der Waals surface area contributed by atoms with Gasteiger partial charge >= 0.3 is 0 Å². The lowest BCUT2D eigenvalue weighted by Gasteiger charge is -2.46. The third kappa shape index (κ3) is 3.17. The number of likely N-dealkylation sites (N-methyl/N-ethyl adjacent to an activating group) is 1. The van der Waals surface area contributed by atoms with Gasteiger partial charge in [0.15, 0.2) is 5.03 Å². The van der Waals surface area contributed by atoms with Crippen LogP contribution < -0.4 is 0 Å². The van der Waals surface area contributed by atoms with E-state index in [2.05, 4.69) is 21.8 Å². The molecule has 2 fully saturated rings. The fourth-order valence-corrected chi connectivity index (χ4v) is 4.78. The predicted octanol–water partition coefficient (Wildman–Crippen LogP) is 0.164. The minimum atomic E-state index is -3.46. The van der Waals surface area contributed by atoms with Gasteiger partial charge in [0, 0.05) is 64.5 Å². The van der Waals surface area contributed by atoms with Crippen LogP contribution in [0.4, 0.5) is 0 Å². The van der Waals surface area contributed by atoms with Crippen molar-refractivity contribution < 1.29 is 8.42 Å². The third-order valence-corrected chi connectivity index (χ3v) is 6.60. The number of aryl methyl sites for hydroxylation is 1. The van der Waals surface area contributed by atoms with Crippen molar-refractivity contribution in [3.05, 3.63) is 12.0 Å². The van der Waals surface area contributed by atoms with Gasteiger partial charge in [-0.05, 0) is 7.05 Å². The zero-order valence-electron chi connectivity index (χ0n) is 14.4. The van der Waals surface area contributed by atoms with Gasteiger partial charge in [0.05, 0.1) is 0 Å². The number of sulfonamides is 1. The molecule has 0 bridgehead atoms. The lowest BCUT2D eigenvalue weighted by Crippen LogP contribution is -2.63. The second-order valence-electron chi connectivity index (χ2n) is 7.02. The van der Waals surface area contributed by atoms with Crippen molar-refractivity contribution in [2.75, 3.05) is 46.3 Å². The van der Waals surface area contributed by atoms with Gasteiger partial charge in [-0.15, -0.1) is 0 Å². The summed E-state index contributed by atoms with van der Waals surface area (Å²) in [4.78, 5) is 9.06. The Morgan fingerprint density at radius 1 is 1.13 bits per heavy atom. The summed E-state index contributed by atoms with van der Waals surface area (Å²) >= 11 is 0. The maximum Gasteiger partial charge on any atom is 0.262 e. The molecule has 3 heterocycles. The van der Waals surface area contributed by atoms with E-state index < -0.39 is 10.0 Å². The van der Waals surface area contributed by atoms with E-state index in [9.17, 15) is 8.42 Å². The molecule has 0 aromatic carbocycles. The molecule has 7 nitrogen and oxygen atoms in total. The molecule has 2 aliphatic rings. The van der Waals surface area contributed by atoms with Crippen LogP contribution in [-0.4, -0.2) is 84.4 Å². The Morgan fingerprint density at radius 3 is 2.26 bits per heavy atom. The van der Waals surface area contributed by atoms with Crippen molar-refractivity contribution in [2.45, 2.75) is 30.8 Å². The van der Waals surface area contributed by atoms with E-state index in [1.807, 2.05) is 25.5 Å². The molecule has 0 unspecified atom stereocenters. The zero-order chi connectivity index (χ0) is 16.8. The van der Waals surface area contributed by atoms with Crippen molar-refractivity contribution in [2.24, 2.45) is 7.05 Å². The van der Waals surface area contributed by atoms with Crippen LogP contribution in [0.5, 0.6) is 0 Å². The molecule has 1 aromatic rings. The quantitative estimate of drug-likeness (QED) is 0.781. The Hall–Kier alpha value is -0.960. The molecule has 3 rings (SSSR count). The van der Waals surface area contributed by atoms with Crippen molar-refractivity contribution >= 4 is 10.0 Å². The monoisotopic (exact) mass is 341 g/mol. The summed E-state index contributed by atoms with van der Waals surface area (Å²) < 4.78 is 28.8. The van der Waals surface area contributed by atoms with Crippen LogP contribution in [0.3, 0.4) is 0 Å². The van der Waals surface area contributed by atoms with Gasteiger partial charge in [0.2, 0.25) is 0 Å². The molecule has 1 aromatic heterocycles. The minimum absolute atomic E-state index is 0.181. The van der Waals surface area contributed by atoms with E-state index in [1.165, 1.54) is 0 Å². The van der Waals surface area contributed by atoms with Crippen LogP contribution >= 0.6 is 0 Å². The van der Waals surface area contributed by atoms with Gasteiger partial charge in [0.1, 0.15) is 5.82 Å². The Labute approximate surface area is 138 Å². The third-order valence-electron chi connectivity index (χ3n) is 4.89. The molecule has 2 saturated heterocycles. The Bertz CT molecular complexity index is 655. The topological polar surface area (TPSA) is 61.7 Å². The van der Waals surface area contributed by atoms with Gasteiger partial charge in [-0.25, -0.2) is 13.4 Å². The van der Waals surface area contributed by atoms with Crippen LogP contribution in [0.2, 0.25) is 0 Å². The van der Waals surface area contributed by atoms with Crippen molar-refractivity contribution in [3.8, 4) is 0 Å². The number of hydrogen-bond acceptors (Lipinski definition) is 5. The van der Waals surface area contributed by atoms with Gasteiger partial charge in [-0.1, -0.05) is 13.8 Å². The van der Waals surface area contributed by atoms with Gasteiger partial charge in [0.25, 0.3) is 10.0 Å². The average molecular weight is 341 g/mol. The summed E-state index contributed by atoms with van der Waals surface area (Å²) in [7, 11) is 0.523. The minimum Gasteiger partial charge on any atom is -0.336 e. The highest BCUT2D eigenvalue weighted by Crippen LogP contribution is 2.25. The van der Waals surface area contributed by atoms with E-state index in [1.54, 1.807) is 10.5 Å². The highest BCUT2D eigenvalue weighted by atomic mass is 32.2. The lowest BCUT2D eigenvalue weighted by molar-refractivity contribution is 0.0483. The Kier molecular flexibility index (Phi) is 4.52. The summed E-state index contributed by atoms with van der Waals surface area (Å²) in [5, 5.41) is 0.181. The summed E-state index contributed by atoms with van der Waals surface area (Å²) in [6.07, 6.45) is 1.63. The SMILES string of the molecule is CC(C)c1nc(S(=O)(=O)N2CC(N3CCN(C)CC3)C2)cn1C. The molecule has 0 atom stereocenters. The van der Waals surface area contributed by atoms with Gasteiger partial charge in [-0.3, -0.25) is 4.90 Å². The molecule has 0 saturated carbocycles. The van der Waals surface area contributed by atoms with Crippen LogP contribution in [-0.2, 0) is 17.1 Å². The first-order chi connectivity index (χ1) is 10.8. The summed E-state index contributed by atoms with van der Waals surface area (Å²) in [5.74, 6) is 1.01.